The Balaban J connectivity index is 2.45. The zero-order valence-corrected chi connectivity index (χ0v) is 10.1. The maximum Gasteiger partial charge on any atom is 0.308 e. The molecular weight excluding hydrogens is 231 g/mol. The maximum absolute atomic E-state index is 12.8. The van der Waals surface area contributed by atoms with E-state index < -0.39 is 16.0 Å². The highest BCUT2D eigenvalue weighted by Gasteiger charge is 2.22. The van der Waals surface area contributed by atoms with E-state index in [4.69, 9.17) is 0 Å². The van der Waals surface area contributed by atoms with E-state index in [0.717, 1.165) is 37.3 Å². The Morgan fingerprint density at radius 1 is 1.44 bits per heavy atom. The van der Waals surface area contributed by atoms with Gasteiger partial charge >= 0.3 is 10.2 Å². The minimum Gasteiger partial charge on any atom is -0.331 e. The first-order chi connectivity index (χ1) is 7.51. The molecule has 1 aliphatic rings. The molecule has 1 aromatic rings. The van der Waals surface area contributed by atoms with Gasteiger partial charge in [-0.1, -0.05) is 6.92 Å². The van der Waals surface area contributed by atoms with Crippen molar-refractivity contribution in [3.63, 3.8) is 0 Å². The molecular formula is C10H15FN2O2S. The molecule has 0 fully saturated rings. The van der Waals surface area contributed by atoms with Crippen LogP contribution in [0.3, 0.4) is 0 Å². The highest BCUT2D eigenvalue weighted by Crippen LogP contribution is 2.22. The van der Waals surface area contributed by atoms with Gasteiger partial charge in [0, 0.05) is 13.0 Å². The van der Waals surface area contributed by atoms with E-state index in [1.807, 2.05) is 11.5 Å². The van der Waals surface area contributed by atoms with Crippen molar-refractivity contribution in [2.45, 2.75) is 44.9 Å². The van der Waals surface area contributed by atoms with Crippen LogP contribution < -0.4 is 0 Å². The van der Waals surface area contributed by atoms with Crippen LogP contribution in [0.2, 0.25) is 0 Å². The summed E-state index contributed by atoms with van der Waals surface area (Å²) in [5.41, 5.74) is 1.26. The first-order valence-electron chi connectivity index (χ1n) is 5.50. The molecule has 0 N–H and O–H groups in total. The van der Waals surface area contributed by atoms with Gasteiger partial charge in [-0.3, -0.25) is 0 Å². The molecule has 0 unspecified atom stereocenters. The lowest BCUT2D eigenvalue weighted by Gasteiger charge is -2.15. The van der Waals surface area contributed by atoms with Crippen LogP contribution in [0, 0.1) is 0 Å². The standard InChI is InChI=1S/C10H15FN2O2S/c1-2-8-9(7-16(11,14)15)13-6-4-3-5-10(13)12-8/h2-7H2,1H3. The van der Waals surface area contributed by atoms with Gasteiger partial charge in [-0.25, -0.2) is 4.98 Å². The summed E-state index contributed by atoms with van der Waals surface area (Å²) >= 11 is 0. The molecule has 0 bridgehead atoms. The lowest BCUT2D eigenvalue weighted by molar-refractivity contribution is 0.507. The van der Waals surface area contributed by atoms with Crippen LogP contribution in [0.5, 0.6) is 0 Å². The molecule has 0 aromatic carbocycles. The van der Waals surface area contributed by atoms with Crippen LogP contribution in [-0.2, 0) is 35.4 Å². The first-order valence-corrected chi connectivity index (χ1v) is 7.06. The Hall–Kier alpha value is -0.910. The number of hydrogen-bond acceptors (Lipinski definition) is 3. The fourth-order valence-corrected chi connectivity index (χ4v) is 2.86. The Kier molecular flexibility index (Phi) is 3.01. The average molecular weight is 246 g/mol. The van der Waals surface area contributed by atoms with Crippen LogP contribution in [0.4, 0.5) is 3.89 Å². The topological polar surface area (TPSA) is 52.0 Å². The zero-order chi connectivity index (χ0) is 11.8. The van der Waals surface area contributed by atoms with Gasteiger partial charge < -0.3 is 4.57 Å². The molecule has 0 atom stereocenters. The lowest BCUT2D eigenvalue weighted by atomic mass is 10.1. The van der Waals surface area contributed by atoms with Crippen LogP contribution >= 0.6 is 0 Å². The van der Waals surface area contributed by atoms with E-state index in [0.29, 0.717) is 12.1 Å². The summed E-state index contributed by atoms with van der Waals surface area (Å²) in [5, 5.41) is 0. The summed E-state index contributed by atoms with van der Waals surface area (Å²) in [6, 6.07) is 0. The quantitative estimate of drug-likeness (QED) is 0.761. The van der Waals surface area contributed by atoms with Gasteiger partial charge in [-0.05, 0) is 19.3 Å². The van der Waals surface area contributed by atoms with Crippen molar-refractivity contribution in [2.24, 2.45) is 0 Å². The van der Waals surface area contributed by atoms with Gasteiger partial charge in [0.25, 0.3) is 0 Å². The van der Waals surface area contributed by atoms with Crippen molar-refractivity contribution in [2.75, 3.05) is 0 Å². The van der Waals surface area contributed by atoms with E-state index in [1.165, 1.54) is 0 Å². The van der Waals surface area contributed by atoms with Gasteiger partial charge in [-0.2, -0.15) is 8.42 Å². The minimum atomic E-state index is -4.47. The van der Waals surface area contributed by atoms with Crippen LogP contribution in [-0.4, -0.2) is 18.0 Å². The summed E-state index contributed by atoms with van der Waals surface area (Å²) in [4.78, 5) is 4.39. The summed E-state index contributed by atoms with van der Waals surface area (Å²) in [7, 11) is -4.47. The average Bonchev–Trinajstić information content (AvgIpc) is 2.55. The fraction of sp³-hybridized carbons (Fsp3) is 0.700. The second-order valence-electron chi connectivity index (χ2n) is 4.07. The molecule has 0 radical (unpaired) electrons. The third-order valence-electron chi connectivity index (χ3n) is 2.91. The van der Waals surface area contributed by atoms with Crippen molar-refractivity contribution in [3.05, 3.63) is 17.2 Å². The van der Waals surface area contributed by atoms with Gasteiger partial charge in [0.2, 0.25) is 0 Å². The molecule has 0 saturated carbocycles. The van der Waals surface area contributed by atoms with Crippen LogP contribution in [0.25, 0.3) is 0 Å². The molecule has 1 aromatic heterocycles. The fourth-order valence-electron chi connectivity index (χ4n) is 2.21. The SMILES string of the molecule is CCc1nc2n(c1CS(=O)(=O)F)CCCC2. The van der Waals surface area contributed by atoms with Gasteiger partial charge in [0.15, 0.2) is 0 Å². The van der Waals surface area contributed by atoms with Gasteiger partial charge in [0.1, 0.15) is 11.6 Å². The number of aryl methyl sites for hydroxylation is 2. The molecule has 2 rings (SSSR count). The molecule has 90 valence electrons. The minimum absolute atomic E-state index is 0.539. The molecule has 1 aliphatic heterocycles. The summed E-state index contributed by atoms with van der Waals surface area (Å²) in [6.07, 6.45) is 3.58. The molecule has 16 heavy (non-hydrogen) atoms. The molecule has 0 spiro atoms. The number of rotatable bonds is 3. The molecule has 0 aliphatic carbocycles. The Morgan fingerprint density at radius 3 is 2.81 bits per heavy atom. The normalized spacial score (nSPS) is 16.1. The Bertz CT molecular complexity index is 493. The largest absolute Gasteiger partial charge is 0.331 e. The first kappa shape index (κ1) is 11.6. The summed E-state index contributed by atoms with van der Waals surface area (Å²) in [5.74, 6) is 0.366. The second-order valence-corrected chi connectivity index (χ2v) is 5.43. The van der Waals surface area contributed by atoms with Crippen molar-refractivity contribution >= 4 is 10.2 Å². The summed E-state index contributed by atoms with van der Waals surface area (Å²) < 4.78 is 36.1. The monoisotopic (exact) mass is 246 g/mol. The smallest absolute Gasteiger partial charge is 0.308 e. The van der Waals surface area contributed by atoms with E-state index in [2.05, 4.69) is 4.98 Å². The summed E-state index contributed by atoms with van der Waals surface area (Å²) in [6.45, 7) is 2.66. The Labute approximate surface area is 94.7 Å². The zero-order valence-electron chi connectivity index (χ0n) is 9.24. The third-order valence-corrected chi connectivity index (χ3v) is 3.53. The van der Waals surface area contributed by atoms with Crippen molar-refractivity contribution in [3.8, 4) is 0 Å². The van der Waals surface area contributed by atoms with Crippen molar-refractivity contribution < 1.29 is 12.3 Å². The van der Waals surface area contributed by atoms with Crippen molar-refractivity contribution in [1.29, 1.82) is 0 Å². The number of aromatic nitrogens is 2. The number of halogens is 1. The van der Waals surface area contributed by atoms with E-state index in [1.54, 1.807) is 0 Å². The van der Waals surface area contributed by atoms with Crippen molar-refractivity contribution in [1.82, 2.24) is 9.55 Å². The molecule has 6 heteroatoms. The Morgan fingerprint density at radius 2 is 2.19 bits per heavy atom. The lowest BCUT2D eigenvalue weighted by Crippen LogP contribution is -2.14. The molecule has 4 nitrogen and oxygen atoms in total. The second kappa shape index (κ2) is 4.16. The maximum atomic E-state index is 12.8. The highest BCUT2D eigenvalue weighted by atomic mass is 32.3. The molecule has 0 amide bonds. The highest BCUT2D eigenvalue weighted by molar-refractivity contribution is 7.85. The predicted octanol–water partition coefficient (Wildman–Crippen LogP) is 1.58. The van der Waals surface area contributed by atoms with E-state index >= 15 is 0 Å². The number of hydrogen-bond donors (Lipinski definition) is 0. The predicted molar refractivity (Wildman–Crippen MR) is 58.3 cm³/mol. The van der Waals surface area contributed by atoms with Gasteiger partial charge in [0.05, 0.1) is 11.4 Å². The number of fused-ring (bicyclic) bond motifs is 1. The van der Waals surface area contributed by atoms with Gasteiger partial charge in [-0.15, -0.1) is 3.89 Å². The molecule has 2 heterocycles. The van der Waals surface area contributed by atoms with Crippen LogP contribution in [0.1, 0.15) is 37.0 Å². The van der Waals surface area contributed by atoms with E-state index in [9.17, 15) is 12.3 Å². The van der Waals surface area contributed by atoms with E-state index in [-0.39, 0.29) is 0 Å². The van der Waals surface area contributed by atoms with Crippen LogP contribution in [0.15, 0.2) is 0 Å². The third kappa shape index (κ3) is 2.26. The number of nitrogens with zero attached hydrogens (tertiary/aromatic N) is 2. The number of imidazole rings is 1. The molecule has 0 saturated heterocycles.